The van der Waals surface area contributed by atoms with Gasteiger partial charge in [0.1, 0.15) is 5.75 Å². The summed E-state index contributed by atoms with van der Waals surface area (Å²) in [5.74, 6) is 0.442. The molecule has 1 aromatic carbocycles. The molecule has 104 valence electrons. The average molecular weight is 262 g/mol. The summed E-state index contributed by atoms with van der Waals surface area (Å²) in [5, 5.41) is 0. The third-order valence-electron chi connectivity index (χ3n) is 2.77. The maximum Gasteiger partial charge on any atom is 0.330 e. The van der Waals surface area contributed by atoms with Gasteiger partial charge in [-0.2, -0.15) is 0 Å². The fourth-order valence-electron chi connectivity index (χ4n) is 1.69. The Balaban J connectivity index is 2.53. The second-order valence-electron chi connectivity index (χ2n) is 4.30. The maximum absolute atomic E-state index is 11.1. The van der Waals surface area contributed by atoms with Gasteiger partial charge in [0, 0.05) is 11.6 Å². The zero-order valence-corrected chi connectivity index (χ0v) is 11.7. The van der Waals surface area contributed by atoms with Crippen LogP contribution < -0.4 is 4.74 Å². The molecule has 0 fully saturated rings. The maximum atomic E-state index is 11.1. The number of esters is 1. The minimum Gasteiger partial charge on any atom is -0.493 e. The Labute approximate surface area is 115 Å². The van der Waals surface area contributed by atoms with Crippen LogP contribution >= 0.6 is 0 Å². The number of hydrogen-bond acceptors (Lipinski definition) is 3. The van der Waals surface area contributed by atoms with Gasteiger partial charge in [-0.3, -0.25) is 0 Å². The fourth-order valence-corrected chi connectivity index (χ4v) is 1.69. The standard InChI is InChI=1S/C16H22O3/c1-3-4-5-8-13-19-15-10-7-6-9-14(15)11-12-16(17)18-2/h6-7,9-12H,3-5,8,13H2,1-2H3. The van der Waals surface area contributed by atoms with Gasteiger partial charge in [0.25, 0.3) is 0 Å². The van der Waals surface area contributed by atoms with Crippen LogP contribution in [0.3, 0.4) is 0 Å². The number of benzene rings is 1. The summed E-state index contributed by atoms with van der Waals surface area (Å²) in [5.41, 5.74) is 0.892. The molecule has 0 atom stereocenters. The van der Waals surface area contributed by atoms with Crippen LogP contribution in [0.25, 0.3) is 6.08 Å². The van der Waals surface area contributed by atoms with Gasteiger partial charge < -0.3 is 9.47 Å². The molecule has 1 aromatic rings. The van der Waals surface area contributed by atoms with Gasteiger partial charge in [0.05, 0.1) is 13.7 Å². The van der Waals surface area contributed by atoms with Crippen molar-refractivity contribution < 1.29 is 14.3 Å². The quantitative estimate of drug-likeness (QED) is 0.406. The van der Waals surface area contributed by atoms with Gasteiger partial charge in [-0.15, -0.1) is 0 Å². The number of rotatable bonds is 8. The normalized spacial score (nSPS) is 10.6. The van der Waals surface area contributed by atoms with E-state index in [0.29, 0.717) is 6.61 Å². The lowest BCUT2D eigenvalue weighted by Gasteiger charge is -2.08. The number of carbonyl (C=O) groups excluding carboxylic acids is 1. The second-order valence-corrected chi connectivity index (χ2v) is 4.30. The summed E-state index contributed by atoms with van der Waals surface area (Å²) < 4.78 is 10.3. The predicted octanol–water partition coefficient (Wildman–Crippen LogP) is 3.83. The first-order valence-corrected chi connectivity index (χ1v) is 6.75. The van der Waals surface area contributed by atoms with Crippen molar-refractivity contribution in [1.29, 1.82) is 0 Å². The van der Waals surface area contributed by atoms with E-state index in [1.165, 1.54) is 32.4 Å². The van der Waals surface area contributed by atoms with E-state index >= 15 is 0 Å². The minimum absolute atomic E-state index is 0.363. The van der Waals surface area contributed by atoms with E-state index in [9.17, 15) is 4.79 Å². The second kappa shape index (κ2) is 9.20. The van der Waals surface area contributed by atoms with Crippen molar-refractivity contribution in [2.45, 2.75) is 32.6 Å². The highest BCUT2D eigenvalue weighted by Crippen LogP contribution is 2.20. The summed E-state index contributed by atoms with van der Waals surface area (Å²) in [7, 11) is 1.36. The Kier molecular flexibility index (Phi) is 7.40. The number of unbranched alkanes of at least 4 members (excludes halogenated alkanes) is 3. The van der Waals surface area contributed by atoms with E-state index in [-0.39, 0.29) is 5.97 Å². The topological polar surface area (TPSA) is 35.5 Å². The molecule has 0 unspecified atom stereocenters. The highest BCUT2D eigenvalue weighted by atomic mass is 16.5. The van der Waals surface area contributed by atoms with Gasteiger partial charge in [-0.05, 0) is 18.6 Å². The Morgan fingerprint density at radius 2 is 2.00 bits per heavy atom. The van der Waals surface area contributed by atoms with Gasteiger partial charge >= 0.3 is 5.97 Å². The van der Waals surface area contributed by atoms with Crippen molar-refractivity contribution in [3.05, 3.63) is 35.9 Å². The van der Waals surface area contributed by atoms with Crippen molar-refractivity contribution in [3.8, 4) is 5.75 Å². The highest BCUT2D eigenvalue weighted by Gasteiger charge is 2.00. The van der Waals surface area contributed by atoms with Crippen LogP contribution in [-0.4, -0.2) is 19.7 Å². The molecule has 19 heavy (non-hydrogen) atoms. The van der Waals surface area contributed by atoms with Crippen molar-refractivity contribution >= 4 is 12.0 Å². The van der Waals surface area contributed by atoms with Crippen LogP contribution in [0.4, 0.5) is 0 Å². The zero-order chi connectivity index (χ0) is 13.9. The molecule has 0 spiro atoms. The van der Waals surface area contributed by atoms with Crippen LogP contribution in [0.1, 0.15) is 38.2 Å². The Bertz CT molecular complexity index is 410. The first-order valence-electron chi connectivity index (χ1n) is 6.75. The van der Waals surface area contributed by atoms with E-state index in [2.05, 4.69) is 11.7 Å². The van der Waals surface area contributed by atoms with Crippen LogP contribution in [0.5, 0.6) is 5.75 Å². The zero-order valence-electron chi connectivity index (χ0n) is 11.7. The number of hydrogen-bond donors (Lipinski definition) is 0. The summed E-state index contributed by atoms with van der Waals surface area (Å²) in [6.07, 6.45) is 7.83. The fraction of sp³-hybridized carbons (Fsp3) is 0.438. The van der Waals surface area contributed by atoms with E-state index in [1.54, 1.807) is 6.08 Å². The SMILES string of the molecule is CCCCCCOc1ccccc1C=CC(=O)OC. The summed E-state index contributed by atoms with van der Waals surface area (Å²) in [6.45, 7) is 2.90. The number of methoxy groups -OCH3 is 1. The molecule has 0 amide bonds. The molecule has 0 saturated carbocycles. The molecule has 3 heteroatoms. The third-order valence-corrected chi connectivity index (χ3v) is 2.77. The van der Waals surface area contributed by atoms with Crippen molar-refractivity contribution in [1.82, 2.24) is 0 Å². The lowest BCUT2D eigenvalue weighted by molar-refractivity contribution is -0.134. The molecule has 0 radical (unpaired) electrons. The Morgan fingerprint density at radius 1 is 1.21 bits per heavy atom. The van der Waals surface area contributed by atoms with Gasteiger partial charge in [-0.1, -0.05) is 44.4 Å². The highest BCUT2D eigenvalue weighted by molar-refractivity contribution is 5.87. The third kappa shape index (κ3) is 6.09. The molecule has 0 aliphatic carbocycles. The van der Waals surface area contributed by atoms with Gasteiger partial charge in [0.15, 0.2) is 0 Å². The van der Waals surface area contributed by atoms with Crippen molar-refractivity contribution in [3.63, 3.8) is 0 Å². The lowest BCUT2D eigenvalue weighted by Crippen LogP contribution is -1.99. The molecule has 0 aromatic heterocycles. The van der Waals surface area contributed by atoms with E-state index in [1.807, 2.05) is 24.3 Å². The van der Waals surface area contributed by atoms with Crippen LogP contribution in [0.15, 0.2) is 30.3 Å². The number of carbonyl (C=O) groups is 1. The number of ether oxygens (including phenoxy) is 2. The van der Waals surface area contributed by atoms with Crippen LogP contribution in [0.2, 0.25) is 0 Å². The van der Waals surface area contributed by atoms with Gasteiger partial charge in [0.2, 0.25) is 0 Å². The van der Waals surface area contributed by atoms with Gasteiger partial charge in [-0.25, -0.2) is 4.79 Å². The largest absolute Gasteiger partial charge is 0.493 e. The molecule has 0 aliphatic heterocycles. The Hall–Kier alpha value is -1.77. The molecule has 0 bridgehead atoms. The number of para-hydroxylation sites is 1. The first kappa shape index (κ1) is 15.3. The summed E-state index contributed by atoms with van der Waals surface area (Å²) >= 11 is 0. The minimum atomic E-state index is -0.363. The molecule has 0 N–H and O–H groups in total. The predicted molar refractivity (Wildman–Crippen MR) is 77.1 cm³/mol. The van der Waals surface area contributed by atoms with E-state index in [4.69, 9.17) is 4.74 Å². The molecular formula is C16H22O3. The Morgan fingerprint density at radius 3 is 2.74 bits per heavy atom. The molecule has 0 heterocycles. The van der Waals surface area contributed by atoms with Crippen LogP contribution in [-0.2, 0) is 9.53 Å². The first-order chi connectivity index (χ1) is 9.27. The monoisotopic (exact) mass is 262 g/mol. The van der Waals surface area contributed by atoms with Crippen molar-refractivity contribution in [2.24, 2.45) is 0 Å². The van der Waals surface area contributed by atoms with E-state index < -0.39 is 0 Å². The summed E-state index contributed by atoms with van der Waals surface area (Å²) in [4.78, 5) is 11.1. The molecule has 1 rings (SSSR count). The molecule has 0 aliphatic rings. The molecule has 3 nitrogen and oxygen atoms in total. The lowest BCUT2D eigenvalue weighted by atomic mass is 10.2. The molecular weight excluding hydrogens is 240 g/mol. The molecule has 0 saturated heterocycles. The van der Waals surface area contributed by atoms with E-state index in [0.717, 1.165) is 17.7 Å². The van der Waals surface area contributed by atoms with Crippen molar-refractivity contribution in [2.75, 3.05) is 13.7 Å². The van der Waals surface area contributed by atoms with Crippen LogP contribution in [0, 0.1) is 0 Å². The summed E-state index contributed by atoms with van der Waals surface area (Å²) in [6, 6.07) is 7.68. The smallest absolute Gasteiger partial charge is 0.330 e. The average Bonchev–Trinajstić information content (AvgIpc) is 2.45.